The molecule has 0 atom stereocenters. The average molecular weight is 523 g/mol. The van der Waals surface area contributed by atoms with Crippen LogP contribution in [0.3, 0.4) is 0 Å². The monoisotopic (exact) mass is 522 g/mol. The first-order chi connectivity index (χ1) is 19.0. The Morgan fingerprint density at radius 1 is 0.795 bits per heavy atom. The fourth-order valence-electron chi connectivity index (χ4n) is 7.85. The van der Waals surface area contributed by atoms with Crippen molar-refractivity contribution in [1.82, 2.24) is 0 Å². The molecule has 4 nitrogen and oxygen atoms in total. The fraction of sp³-hybridized carbons (Fsp3) is 0.429. The maximum absolute atomic E-state index is 13.3. The highest BCUT2D eigenvalue weighted by Gasteiger charge is 2.52. The first-order valence-electron chi connectivity index (χ1n) is 14.7. The highest BCUT2D eigenvalue weighted by molar-refractivity contribution is 5.92. The second-order valence-electron chi connectivity index (χ2n) is 12.1. The Hall–Kier alpha value is -3.40. The van der Waals surface area contributed by atoms with Crippen LogP contribution in [0.4, 0.5) is 0 Å². The van der Waals surface area contributed by atoms with Crippen molar-refractivity contribution in [2.24, 2.45) is 17.8 Å². The lowest BCUT2D eigenvalue weighted by Crippen LogP contribution is -2.49. The zero-order valence-electron chi connectivity index (χ0n) is 22.9. The molecule has 3 aromatic rings. The van der Waals surface area contributed by atoms with E-state index in [0.717, 1.165) is 29.7 Å². The molecule has 4 aliphatic rings. The Labute approximate surface area is 231 Å². The molecule has 39 heavy (non-hydrogen) atoms. The minimum atomic E-state index is -0.403. The normalized spacial score (nSPS) is 24.9. The van der Waals surface area contributed by atoms with Crippen LogP contribution in [-0.2, 0) is 23.2 Å². The Morgan fingerprint density at radius 3 is 2.08 bits per heavy atom. The van der Waals surface area contributed by atoms with Gasteiger partial charge in [0.05, 0.1) is 11.1 Å². The van der Waals surface area contributed by atoms with E-state index in [4.69, 9.17) is 9.47 Å². The maximum Gasteiger partial charge on any atom is 0.343 e. The van der Waals surface area contributed by atoms with Gasteiger partial charge in [-0.2, -0.15) is 0 Å². The number of ether oxygens (including phenoxy) is 2. The SMILES string of the molecule is CCCCc1ccc(C(=O)Oc2ccc(C(=O)OCc3ccccc3)cc2)cc1C12CC3CC(CC(C3)C1)C2. The van der Waals surface area contributed by atoms with E-state index in [-0.39, 0.29) is 18.0 Å². The highest BCUT2D eigenvalue weighted by atomic mass is 16.5. The molecule has 4 saturated carbocycles. The van der Waals surface area contributed by atoms with Crippen LogP contribution in [0, 0.1) is 17.8 Å². The summed E-state index contributed by atoms with van der Waals surface area (Å²) >= 11 is 0. The van der Waals surface area contributed by atoms with Gasteiger partial charge in [-0.25, -0.2) is 9.59 Å². The van der Waals surface area contributed by atoms with Gasteiger partial charge in [0.1, 0.15) is 12.4 Å². The summed E-state index contributed by atoms with van der Waals surface area (Å²) in [5, 5.41) is 0. The topological polar surface area (TPSA) is 52.6 Å². The molecule has 4 bridgehead atoms. The van der Waals surface area contributed by atoms with Gasteiger partial charge in [-0.1, -0.05) is 49.7 Å². The zero-order valence-corrected chi connectivity index (χ0v) is 22.9. The largest absolute Gasteiger partial charge is 0.457 e. The van der Waals surface area contributed by atoms with Crippen molar-refractivity contribution in [1.29, 1.82) is 0 Å². The molecule has 0 aromatic heterocycles. The van der Waals surface area contributed by atoms with Crippen molar-refractivity contribution in [3.8, 4) is 5.75 Å². The van der Waals surface area contributed by atoms with Gasteiger partial charge in [-0.15, -0.1) is 0 Å². The summed E-state index contributed by atoms with van der Waals surface area (Å²) in [5.41, 5.74) is 5.05. The van der Waals surface area contributed by atoms with E-state index >= 15 is 0 Å². The Bertz CT molecular complexity index is 1290. The van der Waals surface area contributed by atoms with Crippen molar-refractivity contribution < 1.29 is 19.1 Å². The van der Waals surface area contributed by atoms with Crippen LogP contribution in [0.5, 0.6) is 5.75 Å². The minimum absolute atomic E-state index is 0.219. The predicted octanol–water partition coefficient (Wildman–Crippen LogP) is 8.07. The summed E-state index contributed by atoms with van der Waals surface area (Å²) in [5.74, 6) is 2.23. The smallest absolute Gasteiger partial charge is 0.343 e. The molecule has 202 valence electrons. The number of aryl methyl sites for hydroxylation is 1. The van der Waals surface area contributed by atoms with E-state index in [1.54, 1.807) is 24.3 Å². The minimum Gasteiger partial charge on any atom is -0.457 e. The van der Waals surface area contributed by atoms with E-state index in [0.29, 0.717) is 16.9 Å². The molecule has 0 amide bonds. The lowest BCUT2D eigenvalue weighted by Gasteiger charge is -2.57. The number of hydrogen-bond acceptors (Lipinski definition) is 4. The quantitative estimate of drug-likeness (QED) is 0.211. The van der Waals surface area contributed by atoms with Crippen LogP contribution in [-0.4, -0.2) is 11.9 Å². The van der Waals surface area contributed by atoms with E-state index < -0.39 is 5.97 Å². The number of hydrogen-bond donors (Lipinski definition) is 0. The predicted molar refractivity (Wildman–Crippen MR) is 152 cm³/mol. The fourth-order valence-corrected chi connectivity index (χ4v) is 7.85. The highest BCUT2D eigenvalue weighted by Crippen LogP contribution is 2.61. The van der Waals surface area contributed by atoms with Crippen molar-refractivity contribution in [3.63, 3.8) is 0 Å². The van der Waals surface area contributed by atoms with E-state index in [9.17, 15) is 9.59 Å². The van der Waals surface area contributed by atoms with Crippen LogP contribution in [0.25, 0.3) is 0 Å². The van der Waals surface area contributed by atoms with Crippen LogP contribution in [0.1, 0.15) is 95.7 Å². The summed E-state index contributed by atoms with van der Waals surface area (Å²) in [6, 6.07) is 22.5. The second kappa shape index (κ2) is 11.0. The number of esters is 2. The van der Waals surface area contributed by atoms with Gasteiger partial charge in [-0.3, -0.25) is 0 Å². The zero-order chi connectivity index (χ0) is 26.8. The molecule has 4 aliphatic carbocycles. The summed E-state index contributed by atoms with van der Waals surface area (Å²) in [6.07, 6.45) is 11.5. The summed E-state index contributed by atoms with van der Waals surface area (Å²) in [6.45, 7) is 2.46. The Morgan fingerprint density at radius 2 is 1.44 bits per heavy atom. The third kappa shape index (κ3) is 5.52. The van der Waals surface area contributed by atoms with Crippen LogP contribution >= 0.6 is 0 Å². The molecule has 3 aromatic carbocycles. The third-order valence-electron chi connectivity index (χ3n) is 9.27. The second-order valence-corrected chi connectivity index (χ2v) is 12.1. The number of carbonyl (C=O) groups is 2. The molecule has 0 saturated heterocycles. The van der Waals surface area contributed by atoms with Crippen molar-refractivity contribution in [2.75, 3.05) is 0 Å². The molecule has 7 rings (SSSR count). The van der Waals surface area contributed by atoms with Gasteiger partial charge in [0, 0.05) is 0 Å². The van der Waals surface area contributed by atoms with Crippen molar-refractivity contribution in [3.05, 3.63) is 101 Å². The van der Waals surface area contributed by atoms with Crippen LogP contribution in [0.2, 0.25) is 0 Å². The van der Waals surface area contributed by atoms with E-state index in [1.807, 2.05) is 36.4 Å². The van der Waals surface area contributed by atoms with Crippen LogP contribution in [0.15, 0.2) is 72.8 Å². The van der Waals surface area contributed by atoms with Gasteiger partial charge in [0.15, 0.2) is 0 Å². The summed E-state index contributed by atoms with van der Waals surface area (Å²) in [7, 11) is 0. The first-order valence-corrected chi connectivity index (χ1v) is 14.7. The molecular formula is C35H38O4. The molecule has 0 unspecified atom stereocenters. The standard InChI is InChI=1S/C35H38O4/c1-2-3-9-28-10-11-30(19-32(28)35-20-25-16-26(21-35)18-27(17-25)22-35)34(37)39-31-14-12-29(13-15-31)33(36)38-23-24-7-5-4-6-8-24/h4-8,10-15,19,25-27H,2-3,9,16-18,20-23H2,1H3. The average Bonchev–Trinajstić information content (AvgIpc) is 2.95. The van der Waals surface area contributed by atoms with Crippen LogP contribution < -0.4 is 4.74 Å². The van der Waals surface area contributed by atoms with E-state index in [1.165, 1.54) is 62.5 Å². The molecule has 4 fully saturated rings. The lowest BCUT2D eigenvalue weighted by atomic mass is 9.47. The number of carbonyl (C=O) groups excluding carboxylic acids is 2. The Balaban J connectivity index is 1.16. The first kappa shape index (κ1) is 25.9. The molecular weight excluding hydrogens is 484 g/mol. The lowest BCUT2D eigenvalue weighted by molar-refractivity contribution is -0.00561. The van der Waals surface area contributed by atoms with Crippen molar-refractivity contribution in [2.45, 2.75) is 76.7 Å². The van der Waals surface area contributed by atoms with Crippen molar-refractivity contribution >= 4 is 11.9 Å². The number of unbranched alkanes of at least 4 members (excludes halogenated alkanes) is 1. The summed E-state index contributed by atoms with van der Waals surface area (Å²) < 4.78 is 11.2. The van der Waals surface area contributed by atoms with Gasteiger partial charge >= 0.3 is 11.9 Å². The van der Waals surface area contributed by atoms with Gasteiger partial charge in [0.2, 0.25) is 0 Å². The van der Waals surface area contributed by atoms with Gasteiger partial charge in [-0.05, 0) is 128 Å². The molecule has 0 radical (unpaired) electrons. The van der Waals surface area contributed by atoms with E-state index in [2.05, 4.69) is 19.1 Å². The molecule has 0 N–H and O–H groups in total. The maximum atomic E-state index is 13.3. The molecule has 0 aliphatic heterocycles. The molecule has 4 heteroatoms. The molecule has 0 heterocycles. The third-order valence-corrected chi connectivity index (χ3v) is 9.27. The Kier molecular flexibility index (Phi) is 7.29. The van der Waals surface area contributed by atoms with Gasteiger partial charge in [0.25, 0.3) is 0 Å². The van der Waals surface area contributed by atoms with Gasteiger partial charge < -0.3 is 9.47 Å². The number of benzene rings is 3. The molecule has 0 spiro atoms. The number of rotatable bonds is 9. The summed E-state index contributed by atoms with van der Waals surface area (Å²) in [4.78, 5) is 25.7.